The molecule has 0 bridgehead atoms. The standard InChI is InChI=1S/C19H18N2O3/c22-18(11-14-12-20-17-4-2-1-3-16(14)17)21-15-7-5-13(6-8-15)19-23-9-10-24-19/h1-8,12,19-20H,9-11H2,(H,21,22). The summed E-state index contributed by atoms with van der Waals surface area (Å²) in [5.41, 5.74) is 3.76. The maximum absolute atomic E-state index is 12.3. The molecule has 1 aliphatic rings. The molecule has 2 N–H and O–H groups in total. The number of para-hydroxylation sites is 1. The molecule has 1 aromatic heterocycles. The second kappa shape index (κ2) is 6.47. The number of amides is 1. The zero-order valence-electron chi connectivity index (χ0n) is 13.1. The molecular formula is C19H18N2O3. The number of carbonyl (C=O) groups is 1. The lowest BCUT2D eigenvalue weighted by Gasteiger charge is -2.10. The molecule has 5 heteroatoms. The summed E-state index contributed by atoms with van der Waals surface area (Å²) in [6.07, 6.45) is 1.93. The normalized spacial score (nSPS) is 15.0. The van der Waals surface area contributed by atoms with E-state index in [2.05, 4.69) is 10.3 Å². The summed E-state index contributed by atoms with van der Waals surface area (Å²) >= 11 is 0. The zero-order valence-corrected chi connectivity index (χ0v) is 13.1. The monoisotopic (exact) mass is 322 g/mol. The van der Waals surface area contributed by atoms with E-state index < -0.39 is 0 Å². The molecule has 0 saturated carbocycles. The van der Waals surface area contributed by atoms with Gasteiger partial charge in [-0.05, 0) is 23.8 Å². The lowest BCUT2D eigenvalue weighted by atomic mass is 10.1. The molecule has 2 heterocycles. The molecular weight excluding hydrogens is 304 g/mol. The van der Waals surface area contributed by atoms with E-state index in [1.807, 2.05) is 54.7 Å². The lowest BCUT2D eigenvalue weighted by molar-refractivity contribution is -0.115. The van der Waals surface area contributed by atoms with Crippen molar-refractivity contribution in [2.45, 2.75) is 12.7 Å². The van der Waals surface area contributed by atoms with Gasteiger partial charge in [-0.2, -0.15) is 0 Å². The summed E-state index contributed by atoms with van der Waals surface area (Å²) in [7, 11) is 0. The first-order valence-corrected chi connectivity index (χ1v) is 7.97. The average molecular weight is 322 g/mol. The van der Waals surface area contributed by atoms with Gasteiger partial charge in [-0.3, -0.25) is 4.79 Å². The Kier molecular flexibility index (Phi) is 4.02. The van der Waals surface area contributed by atoms with Crippen LogP contribution in [0.5, 0.6) is 0 Å². The minimum atomic E-state index is -0.291. The minimum Gasteiger partial charge on any atom is -0.361 e. The van der Waals surface area contributed by atoms with Crippen molar-refractivity contribution < 1.29 is 14.3 Å². The third kappa shape index (κ3) is 3.04. The van der Waals surface area contributed by atoms with Crippen LogP contribution in [0.4, 0.5) is 5.69 Å². The van der Waals surface area contributed by atoms with Gasteiger partial charge in [0.05, 0.1) is 19.6 Å². The number of hydrogen-bond acceptors (Lipinski definition) is 3. The molecule has 1 saturated heterocycles. The Balaban J connectivity index is 1.42. The van der Waals surface area contributed by atoms with Crippen LogP contribution in [-0.4, -0.2) is 24.1 Å². The van der Waals surface area contributed by atoms with Gasteiger partial charge in [-0.25, -0.2) is 0 Å². The first-order valence-electron chi connectivity index (χ1n) is 7.97. The van der Waals surface area contributed by atoms with Crippen molar-refractivity contribution in [1.29, 1.82) is 0 Å². The molecule has 0 radical (unpaired) electrons. The van der Waals surface area contributed by atoms with Gasteiger partial charge in [0.15, 0.2) is 6.29 Å². The van der Waals surface area contributed by atoms with E-state index in [0.717, 1.165) is 27.7 Å². The maximum Gasteiger partial charge on any atom is 0.228 e. The Morgan fingerprint density at radius 2 is 1.83 bits per heavy atom. The number of nitrogens with one attached hydrogen (secondary N) is 2. The molecule has 0 unspecified atom stereocenters. The second-order valence-electron chi connectivity index (χ2n) is 5.78. The van der Waals surface area contributed by atoms with Gasteiger partial charge in [-0.1, -0.05) is 30.3 Å². The highest BCUT2D eigenvalue weighted by molar-refractivity contribution is 5.95. The van der Waals surface area contributed by atoms with E-state index in [-0.39, 0.29) is 12.2 Å². The van der Waals surface area contributed by atoms with Crippen LogP contribution in [-0.2, 0) is 20.7 Å². The molecule has 4 rings (SSSR count). The number of fused-ring (bicyclic) bond motifs is 1. The van der Waals surface area contributed by atoms with Crippen molar-refractivity contribution in [3.05, 3.63) is 65.9 Å². The fourth-order valence-corrected chi connectivity index (χ4v) is 2.93. The summed E-state index contributed by atoms with van der Waals surface area (Å²) in [6, 6.07) is 15.5. The molecule has 0 atom stereocenters. The Labute approximate surface area is 139 Å². The molecule has 24 heavy (non-hydrogen) atoms. The Bertz CT molecular complexity index is 848. The minimum absolute atomic E-state index is 0.0409. The summed E-state index contributed by atoms with van der Waals surface area (Å²) in [4.78, 5) is 15.5. The molecule has 0 aliphatic carbocycles. The van der Waals surface area contributed by atoms with Gasteiger partial charge in [-0.15, -0.1) is 0 Å². The molecule has 2 aromatic carbocycles. The van der Waals surface area contributed by atoms with Crippen molar-refractivity contribution in [3.8, 4) is 0 Å². The molecule has 1 aliphatic heterocycles. The summed E-state index contributed by atoms with van der Waals surface area (Å²) < 4.78 is 10.9. The van der Waals surface area contributed by atoms with E-state index in [0.29, 0.717) is 19.6 Å². The summed E-state index contributed by atoms with van der Waals surface area (Å²) in [6.45, 7) is 1.24. The van der Waals surface area contributed by atoms with E-state index in [9.17, 15) is 4.79 Å². The topological polar surface area (TPSA) is 63.4 Å². The van der Waals surface area contributed by atoms with Crippen LogP contribution in [0.15, 0.2) is 54.7 Å². The number of hydrogen-bond donors (Lipinski definition) is 2. The molecule has 122 valence electrons. The number of aromatic nitrogens is 1. The SMILES string of the molecule is O=C(Cc1c[nH]c2ccccc12)Nc1ccc(C2OCCO2)cc1. The Morgan fingerprint density at radius 1 is 1.08 bits per heavy atom. The van der Waals surface area contributed by atoms with Crippen LogP contribution in [0.1, 0.15) is 17.4 Å². The van der Waals surface area contributed by atoms with Crippen LogP contribution in [0.3, 0.4) is 0 Å². The van der Waals surface area contributed by atoms with Gasteiger partial charge in [0.25, 0.3) is 0 Å². The van der Waals surface area contributed by atoms with E-state index in [4.69, 9.17) is 9.47 Å². The Hall–Kier alpha value is -2.63. The van der Waals surface area contributed by atoms with Gasteiger partial charge in [0.2, 0.25) is 5.91 Å². The van der Waals surface area contributed by atoms with E-state index in [1.54, 1.807) is 0 Å². The van der Waals surface area contributed by atoms with Crippen LogP contribution >= 0.6 is 0 Å². The smallest absolute Gasteiger partial charge is 0.228 e. The summed E-state index contributed by atoms with van der Waals surface area (Å²) in [5, 5.41) is 4.01. The summed E-state index contributed by atoms with van der Waals surface area (Å²) in [5.74, 6) is -0.0409. The molecule has 1 amide bonds. The maximum atomic E-state index is 12.3. The number of rotatable bonds is 4. The van der Waals surface area contributed by atoms with Crippen molar-refractivity contribution >= 4 is 22.5 Å². The number of aromatic amines is 1. The highest BCUT2D eigenvalue weighted by atomic mass is 16.7. The second-order valence-corrected chi connectivity index (χ2v) is 5.78. The molecule has 5 nitrogen and oxygen atoms in total. The predicted molar refractivity (Wildman–Crippen MR) is 91.7 cm³/mol. The number of anilines is 1. The molecule has 3 aromatic rings. The van der Waals surface area contributed by atoms with Gasteiger partial charge in [0.1, 0.15) is 0 Å². The van der Waals surface area contributed by atoms with Crippen molar-refractivity contribution in [2.24, 2.45) is 0 Å². The number of H-pyrrole nitrogens is 1. The van der Waals surface area contributed by atoms with E-state index >= 15 is 0 Å². The molecule has 1 fully saturated rings. The van der Waals surface area contributed by atoms with E-state index in [1.165, 1.54) is 0 Å². The fraction of sp³-hybridized carbons (Fsp3) is 0.211. The van der Waals surface area contributed by atoms with Crippen LogP contribution < -0.4 is 5.32 Å². The number of benzene rings is 2. The van der Waals surface area contributed by atoms with Crippen LogP contribution in [0.25, 0.3) is 10.9 Å². The first-order chi connectivity index (χ1) is 11.8. The van der Waals surface area contributed by atoms with Crippen LogP contribution in [0.2, 0.25) is 0 Å². The molecule has 0 spiro atoms. The zero-order chi connectivity index (χ0) is 16.4. The number of carbonyl (C=O) groups excluding carboxylic acids is 1. The average Bonchev–Trinajstić information content (AvgIpc) is 3.26. The van der Waals surface area contributed by atoms with Gasteiger partial charge < -0.3 is 19.8 Å². The number of ether oxygens (including phenoxy) is 2. The van der Waals surface area contributed by atoms with Crippen LogP contribution in [0, 0.1) is 0 Å². The first kappa shape index (κ1) is 14.9. The largest absolute Gasteiger partial charge is 0.361 e. The fourth-order valence-electron chi connectivity index (χ4n) is 2.93. The third-order valence-electron chi connectivity index (χ3n) is 4.11. The quantitative estimate of drug-likeness (QED) is 0.774. The third-order valence-corrected chi connectivity index (χ3v) is 4.11. The van der Waals surface area contributed by atoms with Gasteiger partial charge in [0, 0.05) is 28.4 Å². The van der Waals surface area contributed by atoms with Gasteiger partial charge >= 0.3 is 0 Å². The van der Waals surface area contributed by atoms with Crippen molar-refractivity contribution in [3.63, 3.8) is 0 Å². The highest BCUT2D eigenvalue weighted by Crippen LogP contribution is 2.24. The highest BCUT2D eigenvalue weighted by Gasteiger charge is 2.18. The Morgan fingerprint density at radius 3 is 2.62 bits per heavy atom. The van der Waals surface area contributed by atoms with Crippen molar-refractivity contribution in [1.82, 2.24) is 4.98 Å². The predicted octanol–water partition coefficient (Wildman–Crippen LogP) is 3.39. The van der Waals surface area contributed by atoms with Crippen molar-refractivity contribution in [2.75, 3.05) is 18.5 Å². The lowest BCUT2D eigenvalue weighted by Crippen LogP contribution is -2.14.